The average Bonchev–Trinajstić information content (AvgIpc) is 2.55. The summed E-state index contributed by atoms with van der Waals surface area (Å²) >= 11 is 0. The lowest BCUT2D eigenvalue weighted by atomic mass is 10.1. The number of H-pyrrole nitrogens is 1. The van der Waals surface area contributed by atoms with E-state index in [-0.39, 0.29) is 11.6 Å². The Labute approximate surface area is 152 Å². The summed E-state index contributed by atoms with van der Waals surface area (Å²) in [6.07, 6.45) is -9.00. The van der Waals surface area contributed by atoms with Crippen LogP contribution in [0.1, 0.15) is 16.7 Å². The molecule has 3 N–H and O–H groups in total. The Balaban J connectivity index is 2.20. The molecule has 1 aromatic heterocycles. The van der Waals surface area contributed by atoms with Gasteiger partial charge in [0.15, 0.2) is 0 Å². The van der Waals surface area contributed by atoms with Crippen molar-refractivity contribution in [3.8, 4) is 0 Å². The predicted molar refractivity (Wildman–Crippen MR) is 84.6 cm³/mol. The molecule has 28 heavy (non-hydrogen) atoms. The zero-order chi connectivity index (χ0) is 21.3. The number of alkyl halides is 6. The van der Waals surface area contributed by atoms with Gasteiger partial charge in [0.25, 0.3) is 5.56 Å². The lowest BCUT2D eigenvalue weighted by molar-refractivity contribution is -0.143. The maximum atomic E-state index is 12.8. The van der Waals surface area contributed by atoms with E-state index in [9.17, 15) is 40.7 Å². The Morgan fingerprint density at radius 3 is 2.07 bits per heavy atom. The van der Waals surface area contributed by atoms with Gasteiger partial charge in [-0.15, -0.1) is 0 Å². The summed E-state index contributed by atoms with van der Waals surface area (Å²) in [5.74, 6) is 0. The minimum atomic E-state index is -5.06. The van der Waals surface area contributed by atoms with E-state index in [4.69, 9.17) is 0 Å². The van der Waals surface area contributed by atoms with Gasteiger partial charge in [-0.2, -0.15) is 26.3 Å². The minimum Gasteiger partial charge on any atom is -0.334 e. The SMILES string of the molecule is Cn1cc(CNC(=O)Nc2cc(C(F)(F)F)cc(C(F)(F)F)c2)c(=O)[nH]c1=O. The number of hydrogen-bond acceptors (Lipinski definition) is 3. The van der Waals surface area contributed by atoms with Gasteiger partial charge < -0.3 is 15.2 Å². The second-order valence-electron chi connectivity index (χ2n) is 5.63. The number of hydrogen-bond donors (Lipinski definition) is 3. The molecule has 0 bridgehead atoms. The lowest BCUT2D eigenvalue weighted by Crippen LogP contribution is -2.35. The van der Waals surface area contributed by atoms with Crippen LogP contribution in [0.2, 0.25) is 0 Å². The number of halogens is 6. The summed E-state index contributed by atoms with van der Waals surface area (Å²) in [6.45, 7) is -0.430. The summed E-state index contributed by atoms with van der Waals surface area (Å²) in [4.78, 5) is 36.6. The number of nitrogens with one attached hydrogen (secondary N) is 3. The summed E-state index contributed by atoms with van der Waals surface area (Å²) in [7, 11) is 1.32. The molecule has 2 rings (SSSR count). The molecule has 0 atom stereocenters. The zero-order valence-corrected chi connectivity index (χ0v) is 14.0. The Hall–Kier alpha value is -3.25. The molecule has 0 radical (unpaired) electrons. The van der Waals surface area contributed by atoms with E-state index in [1.54, 1.807) is 0 Å². The van der Waals surface area contributed by atoms with Crippen molar-refractivity contribution in [3.05, 3.63) is 61.9 Å². The minimum absolute atomic E-state index is 0.0581. The van der Waals surface area contributed by atoms with E-state index >= 15 is 0 Å². The molecular formula is C15H12F6N4O3. The maximum Gasteiger partial charge on any atom is 0.416 e. The molecule has 0 saturated carbocycles. The number of carbonyl (C=O) groups is 1. The van der Waals surface area contributed by atoms with Crippen LogP contribution >= 0.6 is 0 Å². The quantitative estimate of drug-likeness (QED) is 0.679. The smallest absolute Gasteiger partial charge is 0.334 e. The standard InChI is InChI=1S/C15H12F6N4O3/c1-25-6-7(11(26)24-13(25)28)5-22-12(27)23-10-3-8(14(16,17)18)2-9(4-10)15(19,20)21/h2-4,6H,5H2,1H3,(H2,22,23,27)(H,24,26,28). The number of benzene rings is 1. The van der Waals surface area contributed by atoms with Gasteiger partial charge in [-0.3, -0.25) is 9.78 Å². The second-order valence-corrected chi connectivity index (χ2v) is 5.63. The Kier molecular flexibility index (Phi) is 5.57. The zero-order valence-electron chi connectivity index (χ0n) is 14.0. The number of aryl methyl sites for hydroxylation is 1. The van der Waals surface area contributed by atoms with E-state index in [1.807, 2.05) is 10.3 Å². The fourth-order valence-electron chi connectivity index (χ4n) is 2.12. The van der Waals surface area contributed by atoms with Crippen molar-refractivity contribution < 1.29 is 31.1 Å². The molecule has 0 aliphatic rings. The van der Waals surface area contributed by atoms with E-state index < -0.39 is 53.0 Å². The van der Waals surface area contributed by atoms with Gasteiger partial charge in [0.1, 0.15) is 0 Å². The molecule has 0 aliphatic carbocycles. The molecule has 7 nitrogen and oxygen atoms in total. The van der Waals surface area contributed by atoms with Crippen molar-refractivity contribution in [1.29, 1.82) is 0 Å². The molecular weight excluding hydrogens is 398 g/mol. The van der Waals surface area contributed by atoms with Crippen LogP contribution < -0.4 is 21.9 Å². The number of carbonyl (C=O) groups excluding carboxylic acids is 1. The maximum absolute atomic E-state index is 12.8. The van der Waals surface area contributed by atoms with Gasteiger partial charge in [0.2, 0.25) is 0 Å². The second kappa shape index (κ2) is 7.40. The summed E-state index contributed by atoms with van der Waals surface area (Å²) in [5, 5.41) is 3.96. The van der Waals surface area contributed by atoms with Crippen molar-refractivity contribution >= 4 is 11.7 Å². The van der Waals surface area contributed by atoms with Crippen molar-refractivity contribution in [2.75, 3.05) is 5.32 Å². The van der Waals surface area contributed by atoms with Gasteiger partial charge in [-0.1, -0.05) is 0 Å². The number of urea groups is 1. The van der Waals surface area contributed by atoms with Crippen molar-refractivity contribution in [2.24, 2.45) is 7.05 Å². The summed E-state index contributed by atoms with van der Waals surface area (Å²) in [6, 6.07) is -0.546. The van der Waals surface area contributed by atoms with Gasteiger partial charge >= 0.3 is 24.1 Å². The highest BCUT2D eigenvalue weighted by Crippen LogP contribution is 2.37. The van der Waals surface area contributed by atoms with Gasteiger partial charge in [-0.05, 0) is 18.2 Å². The number of nitrogens with zero attached hydrogens (tertiary/aromatic N) is 1. The van der Waals surface area contributed by atoms with Crippen molar-refractivity contribution in [2.45, 2.75) is 18.9 Å². The highest BCUT2D eigenvalue weighted by Gasteiger charge is 2.37. The normalized spacial score (nSPS) is 12.0. The van der Waals surface area contributed by atoms with Gasteiger partial charge in [0.05, 0.1) is 23.2 Å². The van der Waals surface area contributed by atoms with Crippen LogP contribution in [0.4, 0.5) is 36.8 Å². The number of aromatic amines is 1. The van der Waals surface area contributed by atoms with Crippen molar-refractivity contribution in [1.82, 2.24) is 14.9 Å². The third kappa shape index (κ3) is 5.14. The lowest BCUT2D eigenvalue weighted by Gasteiger charge is -2.15. The summed E-state index contributed by atoms with van der Waals surface area (Å²) in [5.41, 5.74) is -5.49. The molecule has 152 valence electrons. The number of rotatable bonds is 3. The number of aromatic nitrogens is 2. The molecule has 0 aliphatic heterocycles. The third-order valence-electron chi connectivity index (χ3n) is 3.47. The van der Waals surface area contributed by atoms with E-state index in [0.29, 0.717) is 12.1 Å². The highest BCUT2D eigenvalue weighted by molar-refractivity contribution is 5.89. The van der Waals surface area contributed by atoms with Crippen LogP contribution in [0.3, 0.4) is 0 Å². The summed E-state index contributed by atoms with van der Waals surface area (Å²) < 4.78 is 77.8. The monoisotopic (exact) mass is 410 g/mol. The molecule has 0 fully saturated rings. The Morgan fingerprint density at radius 2 is 1.57 bits per heavy atom. The van der Waals surface area contributed by atoms with Crippen LogP contribution in [0.15, 0.2) is 34.0 Å². The average molecular weight is 410 g/mol. The largest absolute Gasteiger partial charge is 0.416 e. The van der Waals surface area contributed by atoms with E-state index in [2.05, 4.69) is 5.32 Å². The molecule has 0 saturated heterocycles. The number of anilines is 1. The first-order valence-electron chi connectivity index (χ1n) is 7.40. The molecule has 1 heterocycles. The molecule has 0 unspecified atom stereocenters. The van der Waals surface area contributed by atoms with E-state index in [1.165, 1.54) is 7.05 Å². The van der Waals surface area contributed by atoms with E-state index in [0.717, 1.165) is 10.8 Å². The fraction of sp³-hybridized carbons (Fsp3) is 0.267. The molecule has 2 aromatic rings. The molecule has 2 amide bonds. The first-order valence-corrected chi connectivity index (χ1v) is 7.40. The van der Waals surface area contributed by atoms with Crippen LogP contribution in [0, 0.1) is 0 Å². The van der Waals surface area contributed by atoms with Gasteiger partial charge in [-0.25, -0.2) is 9.59 Å². The number of amides is 2. The topological polar surface area (TPSA) is 96.0 Å². The molecule has 0 spiro atoms. The molecule has 1 aromatic carbocycles. The Morgan fingerprint density at radius 1 is 1.04 bits per heavy atom. The highest BCUT2D eigenvalue weighted by atomic mass is 19.4. The first kappa shape index (κ1) is 21.1. The Bertz CT molecular complexity index is 974. The third-order valence-corrected chi connectivity index (χ3v) is 3.47. The van der Waals surface area contributed by atoms with Crippen LogP contribution in [0.25, 0.3) is 0 Å². The van der Waals surface area contributed by atoms with Crippen LogP contribution in [-0.2, 0) is 25.9 Å². The van der Waals surface area contributed by atoms with Gasteiger partial charge in [0, 0.05) is 18.9 Å². The van der Waals surface area contributed by atoms with Crippen LogP contribution in [0.5, 0.6) is 0 Å². The van der Waals surface area contributed by atoms with Crippen molar-refractivity contribution in [3.63, 3.8) is 0 Å². The predicted octanol–water partition coefficient (Wildman–Crippen LogP) is 2.43. The van der Waals surface area contributed by atoms with Crippen LogP contribution in [-0.4, -0.2) is 15.6 Å². The molecule has 13 heteroatoms. The fourth-order valence-corrected chi connectivity index (χ4v) is 2.12. The first-order chi connectivity index (χ1) is 12.8.